The average Bonchev–Trinajstić information content (AvgIpc) is 2.79. The second kappa shape index (κ2) is 5.57. The molecule has 1 amide bonds. The predicted octanol–water partition coefficient (Wildman–Crippen LogP) is 2.22. The highest BCUT2D eigenvalue weighted by atomic mass is 16.2. The molecule has 2 saturated heterocycles. The van der Waals surface area contributed by atoms with Crippen LogP contribution in [0.2, 0.25) is 0 Å². The van der Waals surface area contributed by atoms with Crippen LogP contribution >= 0.6 is 0 Å². The van der Waals surface area contributed by atoms with Gasteiger partial charge < -0.3 is 10.2 Å². The Balaban J connectivity index is 1.76. The molecule has 108 valence electrons. The number of piperidine rings is 1. The molecule has 3 rings (SSSR count). The molecule has 3 heteroatoms. The molecule has 3 nitrogen and oxygen atoms in total. The first kappa shape index (κ1) is 13.6. The van der Waals surface area contributed by atoms with Crippen LogP contribution in [0.15, 0.2) is 30.3 Å². The lowest BCUT2D eigenvalue weighted by molar-refractivity contribution is -0.130. The fourth-order valence-corrected chi connectivity index (χ4v) is 3.92. The Labute approximate surface area is 121 Å². The molecule has 1 atom stereocenters. The van der Waals surface area contributed by atoms with E-state index in [1.165, 1.54) is 24.8 Å². The van der Waals surface area contributed by atoms with Crippen LogP contribution in [0.3, 0.4) is 0 Å². The van der Waals surface area contributed by atoms with Gasteiger partial charge in [0.1, 0.15) is 0 Å². The van der Waals surface area contributed by atoms with Crippen molar-refractivity contribution in [1.29, 1.82) is 0 Å². The Kier molecular flexibility index (Phi) is 3.79. The molecule has 1 spiro atoms. The average molecular weight is 272 g/mol. The third-order valence-electron chi connectivity index (χ3n) is 5.00. The minimum absolute atomic E-state index is 0.237. The molecule has 1 N–H and O–H groups in total. The second-order valence-electron chi connectivity index (χ2n) is 6.44. The normalized spacial score (nSPS) is 25.1. The summed E-state index contributed by atoms with van der Waals surface area (Å²) in [5.41, 5.74) is 1.71. The van der Waals surface area contributed by atoms with Crippen LogP contribution in [0.25, 0.3) is 0 Å². The Bertz CT molecular complexity index is 465. The monoisotopic (exact) mass is 272 g/mol. The molecule has 1 unspecified atom stereocenters. The Morgan fingerprint density at radius 1 is 1.30 bits per heavy atom. The third-order valence-corrected chi connectivity index (χ3v) is 5.00. The lowest BCUT2D eigenvalue weighted by atomic mass is 9.76. The van der Waals surface area contributed by atoms with Gasteiger partial charge in [-0.05, 0) is 49.8 Å². The van der Waals surface area contributed by atoms with Gasteiger partial charge in [0.05, 0.1) is 0 Å². The summed E-state index contributed by atoms with van der Waals surface area (Å²) in [5, 5.41) is 3.44. The van der Waals surface area contributed by atoms with E-state index in [0.717, 1.165) is 26.1 Å². The number of likely N-dealkylation sites (tertiary alicyclic amines) is 1. The summed E-state index contributed by atoms with van der Waals surface area (Å²) in [6.45, 7) is 4.88. The van der Waals surface area contributed by atoms with Crippen LogP contribution in [-0.2, 0) is 11.2 Å². The predicted molar refractivity (Wildman–Crippen MR) is 80.5 cm³/mol. The molecular weight excluding hydrogens is 248 g/mol. The number of hydrogen-bond donors (Lipinski definition) is 1. The number of carbonyl (C=O) groups excluding carboxylic acids is 1. The van der Waals surface area contributed by atoms with E-state index in [0.29, 0.717) is 11.5 Å². The van der Waals surface area contributed by atoms with Crippen molar-refractivity contribution in [2.24, 2.45) is 5.41 Å². The lowest BCUT2D eigenvalue weighted by Gasteiger charge is -2.33. The Hall–Kier alpha value is -1.35. The van der Waals surface area contributed by atoms with Gasteiger partial charge in [-0.25, -0.2) is 0 Å². The third kappa shape index (κ3) is 2.73. The van der Waals surface area contributed by atoms with Crippen LogP contribution in [0.1, 0.15) is 31.7 Å². The van der Waals surface area contributed by atoms with E-state index < -0.39 is 0 Å². The maximum atomic E-state index is 12.0. The van der Waals surface area contributed by atoms with Crippen molar-refractivity contribution < 1.29 is 4.79 Å². The molecule has 2 heterocycles. The molecule has 2 aliphatic rings. The first-order valence-corrected chi connectivity index (χ1v) is 7.70. The molecule has 2 fully saturated rings. The minimum Gasteiger partial charge on any atom is -0.339 e. The van der Waals surface area contributed by atoms with Gasteiger partial charge in [0.25, 0.3) is 0 Å². The van der Waals surface area contributed by atoms with Crippen LogP contribution < -0.4 is 5.32 Å². The Morgan fingerprint density at radius 3 is 2.65 bits per heavy atom. The summed E-state index contributed by atoms with van der Waals surface area (Å²) in [6.07, 6.45) is 4.59. The number of nitrogens with zero attached hydrogens (tertiary/aromatic N) is 1. The first-order chi connectivity index (χ1) is 9.69. The number of hydrogen-bond acceptors (Lipinski definition) is 2. The van der Waals surface area contributed by atoms with Gasteiger partial charge in [-0.3, -0.25) is 4.79 Å². The van der Waals surface area contributed by atoms with E-state index in [-0.39, 0.29) is 5.91 Å². The highest BCUT2D eigenvalue weighted by molar-refractivity contribution is 5.74. The fourth-order valence-electron chi connectivity index (χ4n) is 3.92. The van der Waals surface area contributed by atoms with Crippen molar-refractivity contribution >= 4 is 5.91 Å². The summed E-state index contributed by atoms with van der Waals surface area (Å²) in [7, 11) is 0. The van der Waals surface area contributed by atoms with Gasteiger partial charge in [0, 0.05) is 19.5 Å². The number of nitrogens with one attached hydrogen (secondary N) is 1. The second-order valence-corrected chi connectivity index (χ2v) is 6.44. The number of carbonyl (C=O) groups is 1. The van der Waals surface area contributed by atoms with E-state index >= 15 is 0 Å². The van der Waals surface area contributed by atoms with E-state index in [2.05, 4.69) is 40.5 Å². The highest BCUT2D eigenvalue weighted by Gasteiger charge is 2.45. The van der Waals surface area contributed by atoms with Crippen molar-refractivity contribution in [3.8, 4) is 0 Å². The fraction of sp³-hybridized carbons (Fsp3) is 0.588. The van der Waals surface area contributed by atoms with Gasteiger partial charge in [-0.15, -0.1) is 0 Å². The van der Waals surface area contributed by atoms with Gasteiger partial charge in [-0.1, -0.05) is 30.3 Å². The molecule has 20 heavy (non-hydrogen) atoms. The maximum absolute atomic E-state index is 12.0. The van der Waals surface area contributed by atoms with Gasteiger partial charge in [0.15, 0.2) is 0 Å². The number of rotatable bonds is 2. The molecule has 2 aliphatic heterocycles. The molecule has 0 bridgehead atoms. The van der Waals surface area contributed by atoms with E-state index in [1.54, 1.807) is 6.92 Å². The zero-order valence-electron chi connectivity index (χ0n) is 12.3. The van der Waals surface area contributed by atoms with Crippen molar-refractivity contribution in [3.63, 3.8) is 0 Å². The molecule has 0 radical (unpaired) electrons. The first-order valence-electron chi connectivity index (χ1n) is 7.70. The SMILES string of the molecule is CC(=O)N1CC2(CCNCC2)CC1Cc1ccccc1. The molecule has 0 aliphatic carbocycles. The number of benzene rings is 1. The quantitative estimate of drug-likeness (QED) is 0.895. The Morgan fingerprint density at radius 2 is 2.00 bits per heavy atom. The molecule has 0 aromatic heterocycles. The zero-order chi connectivity index (χ0) is 14.0. The van der Waals surface area contributed by atoms with Crippen molar-refractivity contribution in [1.82, 2.24) is 10.2 Å². The molecular formula is C17H24N2O. The van der Waals surface area contributed by atoms with Crippen molar-refractivity contribution in [2.45, 2.75) is 38.6 Å². The molecule has 0 saturated carbocycles. The van der Waals surface area contributed by atoms with Gasteiger partial charge in [0.2, 0.25) is 5.91 Å². The summed E-state index contributed by atoms with van der Waals surface area (Å²) in [4.78, 5) is 14.1. The van der Waals surface area contributed by atoms with Gasteiger partial charge >= 0.3 is 0 Å². The van der Waals surface area contributed by atoms with E-state index in [9.17, 15) is 4.79 Å². The van der Waals surface area contributed by atoms with E-state index in [4.69, 9.17) is 0 Å². The number of amides is 1. The molecule has 1 aromatic rings. The molecule has 1 aromatic carbocycles. The van der Waals surface area contributed by atoms with Crippen LogP contribution in [0.5, 0.6) is 0 Å². The topological polar surface area (TPSA) is 32.3 Å². The van der Waals surface area contributed by atoms with Crippen LogP contribution in [0, 0.1) is 5.41 Å². The summed E-state index contributed by atoms with van der Waals surface area (Å²) in [6, 6.07) is 10.9. The zero-order valence-corrected chi connectivity index (χ0v) is 12.3. The lowest BCUT2D eigenvalue weighted by Crippen LogP contribution is -2.39. The maximum Gasteiger partial charge on any atom is 0.219 e. The van der Waals surface area contributed by atoms with Crippen LogP contribution in [0.4, 0.5) is 0 Å². The summed E-state index contributed by atoms with van der Waals surface area (Å²) in [5.74, 6) is 0.237. The largest absolute Gasteiger partial charge is 0.339 e. The minimum atomic E-state index is 0.237. The highest BCUT2D eigenvalue weighted by Crippen LogP contribution is 2.42. The van der Waals surface area contributed by atoms with Crippen molar-refractivity contribution in [2.75, 3.05) is 19.6 Å². The van der Waals surface area contributed by atoms with Gasteiger partial charge in [-0.2, -0.15) is 0 Å². The summed E-state index contributed by atoms with van der Waals surface area (Å²) < 4.78 is 0. The smallest absolute Gasteiger partial charge is 0.219 e. The van der Waals surface area contributed by atoms with Crippen molar-refractivity contribution in [3.05, 3.63) is 35.9 Å². The standard InChI is InChI=1S/C17H24N2O/c1-14(20)19-13-17(7-9-18-10-8-17)12-16(19)11-15-5-3-2-4-6-15/h2-6,16,18H,7-13H2,1H3. The van der Waals surface area contributed by atoms with E-state index in [1.807, 2.05) is 0 Å². The summed E-state index contributed by atoms with van der Waals surface area (Å²) >= 11 is 0. The van der Waals surface area contributed by atoms with Crippen LogP contribution in [-0.4, -0.2) is 36.5 Å².